The van der Waals surface area contributed by atoms with Crippen LogP contribution in [0.5, 0.6) is 0 Å². The Balaban J connectivity index is 1.09. The molecule has 1 atom stereocenters. The zero-order valence-corrected chi connectivity index (χ0v) is 27.9. The third-order valence-corrected chi connectivity index (χ3v) is 11.1. The topological polar surface area (TPSA) is 146 Å². The molecule has 0 aliphatic carbocycles. The van der Waals surface area contributed by atoms with Crippen molar-refractivity contribution in [3.63, 3.8) is 0 Å². The Morgan fingerprint density at radius 3 is 2.42 bits per heavy atom. The van der Waals surface area contributed by atoms with Gasteiger partial charge < -0.3 is 15.0 Å². The van der Waals surface area contributed by atoms with Crippen molar-refractivity contribution in [2.24, 2.45) is 7.05 Å². The first-order valence-corrected chi connectivity index (χ1v) is 17.3. The van der Waals surface area contributed by atoms with E-state index in [2.05, 4.69) is 38.8 Å². The molecular formula is C31H47N7O6S. The summed E-state index contributed by atoms with van der Waals surface area (Å²) in [5, 5.41) is 10.9. The zero-order valence-electron chi connectivity index (χ0n) is 27.0. The summed E-state index contributed by atoms with van der Waals surface area (Å²) in [7, 11) is -0.0636. The van der Waals surface area contributed by atoms with Crippen molar-refractivity contribution >= 4 is 39.0 Å². The first kappa shape index (κ1) is 33.3. The molecule has 1 aromatic carbocycles. The maximum absolute atomic E-state index is 13.3. The maximum atomic E-state index is 13.3. The van der Waals surface area contributed by atoms with Gasteiger partial charge in [-0.2, -0.15) is 22.1 Å². The fourth-order valence-electron chi connectivity index (χ4n) is 6.56. The summed E-state index contributed by atoms with van der Waals surface area (Å²) in [5.41, 5.74) is 2.36. The number of imide groups is 1. The van der Waals surface area contributed by atoms with Gasteiger partial charge in [-0.1, -0.05) is 12.1 Å². The molecule has 3 amide bonds. The molecule has 3 aliphatic heterocycles. The third kappa shape index (κ3) is 7.84. The highest BCUT2D eigenvalue weighted by atomic mass is 32.2. The maximum Gasteiger partial charge on any atom is 0.407 e. The molecule has 5 rings (SSSR count). The molecule has 1 unspecified atom stereocenters. The highest BCUT2D eigenvalue weighted by Crippen LogP contribution is 2.34. The van der Waals surface area contributed by atoms with E-state index in [1.807, 2.05) is 32.5 Å². The summed E-state index contributed by atoms with van der Waals surface area (Å²) in [6, 6.07) is 6.25. The molecule has 3 saturated heterocycles. The summed E-state index contributed by atoms with van der Waals surface area (Å²) < 4.78 is 36.6. The minimum atomic E-state index is -3.59. The lowest BCUT2D eigenvalue weighted by Gasteiger charge is -2.36. The van der Waals surface area contributed by atoms with Crippen LogP contribution in [0, 0.1) is 0 Å². The van der Waals surface area contributed by atoms with E-state index in [1.54, 1.807) is 7.05 Å². The number of benzene rings is 1. The number of fused-ring (bicyclic) bond motifs is 1. The van der Waals surface area contributed by atoms with E-state index >= 15 is 0 Å². The van der Waals surface area contributed by atoms with Crippen LogP contribution < -0.4 is 10.6 Å². The minimum absolute atomic E-state index is 0.108. The Morgan fingerprint density at radius 2 is 1.78 bits per heavy atom. The minimum Gasteiger partial charge on any atom is -0.444 e. The van der Waals surface area contributed by atoms with E-state index in [1.165, 1.54) is 14.2 Å². The number of piperidine rings is 3. The molecule has 3 aliphatic rings. The molecule has 4 heterocycles. The molecular weight excluding hydrogens is 598 g/mol. The number of nitrogens with one attached hydrogen (secondary N) is 2. The molecule has 3 fully saturated rings. The normalized spacial score (nSPS) is 21.8. The number of carbonyl (C=O) groups is 3. The zero-order chi connectivity index (χ0) is 32.5. The average Bonchev–Trinajstić information content (AvgIpc) is 3.30. The average molecular weight is 646 g/mol. The lowest BCUT2D eigenvalue weighted by atomic mass is 9.88. The molecule has 1 aromatic heterocycles. The molecule has 2 aromatic rings. The van der Waals surface area contributed by atoms with E-state index in [0.717, 1.165) is 42.5 Å². The number of amides is 3. The Kier molecular flexibility index (Phi) is 9.87. The SMILES string of the molecule is CN(CCN1CCC(c2ccc3c(C4CCC(=O)NC4=O)nn(C)c3c2)CC1)S(=O)(=O)N1CCC(NC(=O)OC(C)(C)C)CC1. The van der Waals surface area contributed by atoms with Gasteiger partial charge in [0.2, 0.25) is 11.8 Å². The molecule has 2 N–H and O–H groups in total. The second-order valence-corrected chi connectivity index (χ2v) is 15.6. The van der Waals surface area contributed by atoms with Gasteiger partial charge in [0.15, 0.2) is 0 Å². The van der Waals surface area contributed by atoms with Crippen molar-refractivity contribution in [2.75, 3.05) is 46.3 Å². The number of hydrogen-bond donors (Lipinski definition) is 2. The fraction of sp³-hybridized carbons (Fsp3) is 0.677. The molecule has 13 nitrogen and oxygen atoms in total. The van der Waals surface area contributed by atoms with Crippen molar-refractivity contribution in [3.05, 3.63) is 29.5 Å². The lowest BCUT2D eigenvalue weighted by Crippen LogP contribution is -2.51. The summed E-state index contributed by atoms with van der Waals surface area (Å²) in [6.45, 7) is 8.98. The Morgan fingerprint density at radius 1 is 1.09 bits per heavy atom. The van der Waals surface area contributed by atoms with Gasteiger partial charge >= 0.3 is 6.09 Å². The van der Waals surface area contributed by atoms with Crippen LogP contribution in [0.1, 0.15) is 82.4 Å². The summed E-state index contributed by atoms with van der Waals surface area (Å²) in [6.07, 6.45) is 3.35. The van der Waals surface area contributed by atoms with E-state index in [9.17, 15) is 22.8 Å². The number of rotatable bonds is 8. The largest absolute Gasteiger partial charge is 0.444 e. The number of nitrogens with zero attached hydrogens (tertiary/aromatic N) is 5. The monoisotopic (exact) mass is 645 g/mol. The molecule has 0 spiro atoms. The quantitative estimate of drug-likeness (QED) is 0.417. The van der Waals surface area contributed by atoms with Gasteiger partial charge in [-0.25, -0.2) is 4.79 Å². The van der Waals surface area contributed by atoms with Crippen molar-refractivity contribution in [2.45, 2.75) is 82.8 Å². The van der Waals surface area contributed by atoms with E-state index in [4.69, 9.17) is 4.74 Å². The van der Waals surface area contributed by atoms with Crippen molar-refractivity contribution in [1.82, 2.24) is 33.9 Å². The molecule has 248 valence electrons. The predicted molar refractivity (Wildman–Crippen MR) is 170 cm³/mol. The fourth-order valence-corrected chi connectivity index (χ4v) is 7.94. The number of ether oxygens (including phenoxy) is 1. The Hall–Kier alpha value is -3.07. The number of alkyl carbamates (subject to hydrolysis) is 1. The Labute approximate surface area is 265 Å². The van der Waals surface area contributed by atoms with Gasteiger partial charge in [-0.05, 0) is 83.5 Å². The second-order valence-electron chi connectivity index (χ2n) is 13.6. The first-order chi connectivity index (χ1) is 21.2. The smallest absolute Gasteiger partial charge is 0.407 e. The van der Waals surface area contributed by atoms with E-state index < -0.39 is 27.8 Å². The van der Waals surface area contributed by atoms with Crippen molar-refractivity contribution in [3.8, 4) is 0 Å². The molecule has 0 saturated carbocycles. The van der Waals surface area contributed by atoms with Gasteiger partial charge in [0.25, 0.3) is 10.2 Å². The van der Waals surface area contributed by atoms with Gasteiger partial charge in [0.05, 0.1) is 17.1 Å². The second kappa shape index (κ2) is 13.3. The van der Waals surface area contributed by atoms with Crippen LogP contribution >= 0.6 is 0 Å². The summed E-state index contributed by atoms with van der Waals surface area (Å²) in [5.74, 6) is -0.546. The number of carbonyl (C=O) groups excluding carboxylic acids is 3. The van der Waals surface area contributed by atoms with Gasteiger partial charge in [0.1, 0.15) is 5.60 Å². The van der Waals surface area contributed by atoms with E-state index in [-0.39, 0.29) is 17.9 Å². The number of hydrogen-bond acceptors (Lipinski definition) is 8. The first-order valence-electron chi connectivity index (χ1n) is 15.9. The van der Waals surface area contributed by atoms with Crippen LogP contribution in [-0.4, -0.2) is 108 Å². The number of likely N-dealkylation sites (tertiary alicyclic amines) is 1. The van der Waals surface area contributed by atoms with Crippen LogP contribution in [0.15, 0.2) is 18.2 Å². The van der Waals surface area contributed by atoms with Gasteiger partial charge in [-0.3, -0.25) is 19.6 Å². The lowest BCUT2D eigenvalue weighted by molar-refractivity contribution is -0.134. The number of aryl methyl sites for hydroxylation is 1. The van der Waals surface area contributed by atoms with Crippen LogP contribution in [0.2, 0.25) is 0 Å². The summed E-state index contributed by atoms with van der Waals surface area (Å²) in [4.78, 5) is 38.5. The predicted octanol–water partition coefficient (Wildman–Crippen LogP) is 2.44. The van der Waals surface area contributed by atoms with Crippen LogP contribution in [0.25, 0.3) is 10.9 Å². The number of likely N-dealkylation sites (N-methyl/N-ethyl adjacent to an activating group) is 1. The summed E-state index contributed by atoms with van der Waals surface area (Å²) >= 11 is 0. The third-order valence-electron chi connectivity index (χ3n) is 9.16. The molecule has 45 heavy (non-hydrogen) atoms. The van der Waals surface area contributed by atoms with Crippen LogP contribution in [0.3, 0.4) is 0 Å². The highest BCUT2D eigenvalue weighted by Gasteiger charge is 2.34. The van der Waals surface area contributed by atoms with Crippen molar-refractivity contribution < 1.29 is 27.5 Å². The van der Waals surface area contributed by atoms with Gasteiger partial charge in [-0.15, -0.1) is 0 Å². The highest BCUT2D eigenvalue weighted by molar-refractivity contribution is 7.86. The van der Waals surface area contributed by atoms with E-state index in [0.29, 0.717) is 57.8 Å². The molecule has 0 radical (unpaired) electrons. The van der Waals surface area contributed by atoms with Crippen LogP contribution in [0.4, 0.5) is 4.79 Å². The van der Waals surface area contributed by atoms with Crippen LogP contribution in [-0.2, 0) is 31.6 Å². The number of aromatic nitrogens is 2. The molecule has 0 bridgehead atoms. The standard InChI is InChI=1S/C31H47N7O6S/c1-31(2,3)44-30(41)32-23-12-16-38(17-13-23)45(42,43)35(4)18-19-37-14-10-21(11-15-37)22-6-7-24-26(20-22)36(5)34-28(24)25-8-9-27(39)33-29(25)40/h6-7,20-21,23,25H,8-19H2,1-5H3,(H,32,41)(H,33,39,40). The Bertz CT molecular complexity index is 1520. The molecule has 14 heteroatoms. The van der Waals surface area contributed by atoms with Crippen molar-refractivity contribution in [1.29, 1.82) is 0 Å². The van der Waals surface area contributed by atoms with Gasteiger partial charge in [0, 0.05) is 58.1 Å².